The third kappa shape index (κ3) is 1.76. The van der Waals surface area contributed by atoms with Gasteiger partial charge in [-0.05, 0) is 29.7 Å². The van der Waals surface area contributed by atoms with Gasteiger partial charge in [-0.25, -0.2) is 9.18 Å². The molecule has 0 amide bonds. The van der Waals surface area contributed by atoms with Crippen molar-refractivity contribution in [3.8, 4) is 0 Å². The molecule has 0 unspecified atom stereocenters. The summed E-state index contributed by atoms with van der Waals surface area (Å²) in [4.78, 5) is 25.3. The van der Waals surface area contributed by atoms with Crippen molar-refractivity contribution >= 4 is 27.6 Å². The molecule has 94 valence electrons. The summed E-state index contributed by atoms with van der Waals surface area (Å²) < 4.78 is 13.2. The second kappa shape index (κ2) is 3.91. The first-order valence-corrected chi connectivity index (χ1v) is 5.55. The zero-order valence-electron chi connectivity index (χ0n) is 9.61. The minimum Gasteiger partial charge on any atom is -0.478 e. The first kappa shape index (κ1) is 11.4. The molecule has 4 nitrogen and oxygen atoms in total. The molecule has 0 saturated heterocycles. The molecular weight excluding hydrogens is 249 g/mol. The molecule has 3 rings (SSSR count). The van der Waals surface area contributed by atoms with E-state index in [9.17, 15) is 14.0 Å². The van der Waals surface area contributed by atoms with Crippen molar-refractivity contribution in [1.29, 1.82) is 0 Å². The van der Waals surface area contributed by atoms with Gasteiger partial charge in [0.25, 0.3) is 5.56 Å². The Hall–Kier alpha value is -2.69. The number of halogens is 1. The zero-order chi connectivity index (χ0) is 13.6. The number of carboxylic acids is 1. The van der Waals surface area contributed by atoms with Crippen LogP contribution in [0.2, 0.25) is 0 Å². The number of pyridine rings is 1. The molecule has 0 atom stereocenters. The second-order valence-electron chi connectivity index (χ2n) is 4.21. The van der Waals surface area contributed by atoms with Gasteiger partial charge in [-0.15, -0.1) is 0 Å². The van der Waals surface area contributed by atoms with Crippen LogP contribution in [0.25, 0.3) is 21.7 Å². The lowest BCUT2D eigenvalue weighted by molar-refractivity contribution is 0.0697. The van der Waals surface area contributed by atoms with E-state index in [0.29, 0.717) is 16.3 Å². The van der Waals surface area contributed by atoms with E-state index < -0.39 is 17.3 Å². The number of aromatic nitrogens is 1. The minimum atomic E-state index is -1.07. The molecule has 5 heteroatoms. The SMILES string of the molecule is O=C(O)c1ccc2c(c1)[nH]c(=O)c1cc(F)ccc12. The van der Waals surface area contributed by atoms with Gasteiger partial charge >= 0.3 is 5.97 Å². The van der Waals surface area contributed by atoms with Gasteiger partial charge in [-0.2, -0.15) is 0 Å². The molecule has 19 heavy (non-hydrogen) atoms. The Morgan fingerprint density at radius 3 is 2.53 bits per heavy atom. The molecule has 0 aliphatic rings. The molecule has 0 bridgehead atoms. The highest BCUT2D eigenvalue weighted by molar-refractivity contribution is 6.06. The van der Waals surface area contributed by atoms with Crippen LogP contribution in [-0.4, -0.2) is 16.1 Å². The predicted octanol–water partition coefficient (Wildman–Crippen LogP) is 2.52. The summed E-state index contributed by atoms with van der Waals surface area (Å²) in [5, 5.41) is 10.4. The molecular formula is C14H8FNO3. The summed E-state index contributed by atoms with van der Waals surface area (Å²) in [6, 6.07) is 8.40. The lowest BCUT2D eigenvalue weighted by Crippen LogP contribution is -2.07. The molecule has 1 aromatic heterocycles. The van der Waals surface area contributed by atoms with Crippen LogP contribution in [-0.2, 0) is 0 Å². The van der Waals surface area contributed by atoms with Crippen LogP contribution in [0.15, 0.2) is 41.2 Å². The lowest BCUT2D eigenvalue weighted by atomic mass is 10.0. The smallest absolute Gasteiger partial charge is 0.335 e. The van der Waals surface area contributed by atoms with Crippen molar-refractivity contribution in [2.75, 3.05) is 0 Å². The fourth-order valence-corrected chi connectivity index (χ4v) is 2.14. The first-order valence-electron chi connectivity index (χ1n) is 5.55. The monoisotopic (exact) mass is 257 g/mol. The van der Waals surface area contributed by atoms with E-state index in [1.165, 1.54) is 30.3 Å². The van der Waals surface area contributed by atoms with Gasteiger partial charge in [0, 0.05) is 10.9 Å². The van der Waals surface area contributed by atoms with Gasteiger partial charge in [-0.3, -0.25) is 4.79 Å². The quantitative estimate of drug-likeness (QED) is 0.658. The minimum absolute atomic E-state index is 0.0876. The number of benzene rings is 2. The summed E-state index contributed by atoms with van der Waals surface area (Å²) in [6.07, 6.45) is 0. The summed E-state index contributed by atoms with van der Waals surface area (Å²) in [5.41, 5.74) is 0.0677. The van der Waals surface area contributed by atoms with Gasteiger partial charge in [0.05, 0.1) is 10.9 Å². The van der Waals surface area contributed by atoms with Crippen molar-refractivity contribution in [1.82, 2.24) is 4.98 Å². The number of hydrogen-bond acceptors (Lipinski definition) is 2. The largest absolute Gasteiger partial charge is 0.478 e. The molecule has 0 fully saturated rings. The van der Waals surface area contributed by atoms with Crippen molar-refractivity contribution in [2.24, 2.45) is 0 Å². The summed E-state index contributed by atoms with van der Waals surface area (Å²) in [5.74, 6) is -1.55. The van der Waals surface area contributed by atoms with Gasteiger partial charge in [0.15, 0.2) is 0 Å². The molecule has 2 N–H and O–H groups in total. The van der Waals surface area contributed by atoms with E-state index in [1.54, 1.807) is 6.07 Å². The molecule has 0 aliphatic carbocycles. The fraction of sp³-hybridized carbons (Fsp3) is 0. The van der Waals surface area contributed by atoms with Crippen LogP contribution < -0.4 is 5.56 Å². The van der Waals surface area contributed by atoms with E-state index in [0.717, 1.165) is 0 Å². The molecule has 0 radical (unpaired) electrons. The third-order valence-electron chi connectivity index (χ3n) is 3.03. The van der Waals surface area contributed by atoms with Gasteiger partial charge < -0.3 is 10.1 Å². The molecule has 3 aromatic rings. The fourth-order valence-electron chi connectivity index (χ4n) is 2.14. The van der Waals surface area contributed by atoms with Gasteiger partial charge in [-0.1, -0.05) is 12.1 Å². The van der Waals surface area contributed by atoms with Crippen LogP contribution in [0, 0.1) is 5.82 Å². The van der Waals surface area contributed by atoms with Gasteiger partial charge in [0.2, 0.25) is 0 Å². The number of H-pyrrole nitrogens is 1. The lowest BCUT2D eigenvalue weighted by Gasteiger charge is -2.04. The topological polar surface area (TPSA) is 70.2 Å². The molecule has 0 spiro atoms. The number of carboxylic acid groups (broad SMARTS) is 1. The number of hydrogen-bond donors (Lipinski definition) is 2. The maximum Gasteiger partial charge on any atom is 0.335 e. The van der Waals surface area contributed by atoms with E-state index in [1.807, 2.05) is 0 Å². The van der Waals surface area contributed by atoms with Crippen LogP contribution >= 0.6 is 0 Å². The average Bonchev–Trinajstić information content (AvgIpc) is 2.38. The number of aromatic amines is 1. The maximum atomic E-state index is 13.2. The summed E-state index contributed by atoms with van der Waals surface area (Å²) in [6.45, 7) is 0. The summed E-state index contributed by atoms with van der Waals surface area (Å²) in [7, 11) is 0. The van der Waals surface area contributed by atoms with Crippen molar-refractivity contribution in [3.05, 3.63) is 58.1 Å². The predicted molar refractivity (Wildman–Crippen MR) is 69.0 cm³/mol. The Kier molecular flexibility index (Phi) is 2.35. The highest BCUT2D eigenvalue weighted by Gasteiger charge is 2.09. The average molecular weight is 257 g/mol. The molecule has 2 aromatic carbocycles. The van der Waals surface area contributed by atoms with Gasteiger partial charge in [0.1, 0.15) is 5.82 Å². The van der Waals surface area contributed by atoms with E-state index in [2.05, 4.69) is 4.98 Å². The van der Waals surface area contributed by atoms with E-state index >= 15 is 0 Å². The molecule has 0 saturated carbocycles. The highest BCUT2D eigenvalue weighted by atomic mass is 19.1. The first-order chi connectivity index (χ1) is 9.06. The van der Waals surface area contributed by atoms with Crippen molar-refractivity contribution < 1.29 is 14.3 Å². The Morgan fingerprint density at radius 1 is 1.05 bits per heavy atom. The van der Waals surface area contributed by atoms with E-state index in [-0.39, 0.29) is 10.9 Å². The Bertz CT molecular complexity index is 883. The number of nitrogens with one attached hydrogen (secondary N) is 1. The maximum absolute atomic E-state index is 13.2. The Balaban J connectivity index is 2.48. The number of fused-ring (bicyclic) bond motifs is 3. The zero-order valence-corrected chi connectivity index (χ0v) is 9.61. The summed E-state index contributed by atoms with van der Waals surface area (Å²) >= 11 is 0. The normalized spacial score (nSPS) is 11.0. The highest BCUT2D eigenvalue weighted by Crippen LogP contribution is 2.22. The Morgan fingerprint density at radius 2 is 1.79 bits per heavy atom. The number of aromatic carboxylic acids is 1. The van der Waals surface area contributed by atoms with Crippen LogP contribution in [0.5, 0.6) is 0 Å². The Labute approximate surface area is 106 Å². The molecule has 1 heterocycles. The second-order valence-corrected chi connectivity index (χ2v) is 4.21. The standard InChI is InChI=1S/C14H8FNO3/c15-8-2-4-9-10-3-1-7(14(18)19)5-12(10)16-13(17)11(9)6-8/h1-6H,(H,16,17)(H,18,19). The third-order valence-corrected chi connectivity index (χ3v) is 3.03. The van der Waals surface area contributed by atoms with Crippen LogP contribution in [0.1, 0.15) is 10.4 Å². The number of carbonyl (C=O) groups is 1. The van der Waals surface area contributed by atoms with Crippen molar-refractivity contribution in [3.63, 3.8) is 0 Å². The van der Waals surface area contributed by atoms with E-state index in [4.69, 9.17) is 5.11 Å². The van der Waals surface area contributed by atoms with Crippen molar-refractivity contribution in [2.45, 2.75) is 0 Å². The molecule has 0 aliphatic heterocycles. The van der Waals surface area contributed by atoms with Crippen LogP contribution in [0.3, 0.4) is 0 Å². The van der Waals surface area contributed by atoms with Crippen LogP contribution in [0.4, 0.5) is 4.39 Å². The number of rotatable bonds is 1.